The van der Waals surface area contributed by atoms with Crippen LogP contribution in [0.2, 0.25) is 18.1 Å². The van der Waals surface area contributed by atoms with Crippen molar-refractivity contribution >= 4 is 34.4 Å². The van der Waals surface area contributed by atoms with Gasteiger partial charge in [-0.1, -0.05) is 75.7 Å². The summed E-state index contributed by atoms with van der Waals surface area (Å²) >= 11 is 3.95. The van der Waals surface area contributed by atoms with E-state index >= 15 is 0 Å². The maximum atomic E-state index is 12.5. The highest BCUT2D eigenvalue weighted by atomic mass is 79.9. The van der Waals surface area contributed by atoms with Crippen LogP contribution in [0, 0.1) is 12.8 Å². The number of halogens is 1. The molecule has 2 unspecified atom stereocenters. The van der Waals surface area contributed by atoms with E-state index in [-0.39, 0.29) is 22.5 Å². The van der Waals surface area contributed by atoms with Gasteiger partial charge in [0.05, 0.1) is 11.5 Å². The molecular formula is C25H37BrO4SSi. The molecule has 2 atom stereocenters. The van der Waals surface area contributed by atoms with Crippen molar-refractivity contribution in [3.63, 3.8) is 0 Å². The van der Waals surface area contributed by atoms with Crippen LogP contribution in [-0.2, 0) is 23.2 Å². The molecule has 0 bridgehead atoms. The second-order valence-corrected chi connectivity index (χ2v) is 17.8. The highest BCUT2D eigenvalue weighted by molar-refractivity contribution is 9.09. The largest absolute Gasteiger partial charge is 0.398 e. The van der Waals surface area contributed by atoms with E-state index in [0.29, 0.717) is 12.8 Å². The lowest BCUT2D eigenvalue weighted by atomic mass is 9.96. The summed E-state index contributed by atoms with van der Waals surface area (Å²) in [5, 5.41) is 0.0647. The van der Waals surface area contributed by atoms with Gasteiger partial charge in [-0.25, -0.2) is 0 Å². The number of alkyl halides is 1. The molecule has 0 heterocycles. The van der Waals surface area contributed by atoms with Crippen LogP contribution in [0.25, 0.3) is 0 Å². The first-order valence-corrected chi connectivity index (χ1v) is 16.2. The van der Waals surface area contributed by atoms with Gasteiger partial charge in [0.2, 0.25) is 0 Å². The van der Waals surface area contributed by atoms with Gasteiger partial charge >= 0.3 is 0 Å². The fourth-order valence-electron chi connectivity index (χ4n) is 3.15. The Labute approximate surface area is 204 Å². The standard InChI is InChI=1S/C25H37BrO4SSi/c1-20-13-15-23(16-14-20)31(27,28)29-18-17-21(2)19-25(26,22-11-9-8-10-12-22)30-32(6,7)24(3,4)5/h8-16,21H,17-19H2,1-7H3. The summed E-state index contributed by atoms with van der Waals surface area (Å²) < 4.78 is 36.5. The van der Waals surface area contributed by atoms with Crippen LogP contribution < -0.4 is 0 Å². The van der Waals surface area contributed by atoms with Gasteiger partial charge in [0.25, 0.3) is 10.1 Å². The van der Waals surface area contributed by atoms with Crippen molar-refractivity contribution in [1.82, 2.24) is 0 Å². The normalized spacial score (nSPS) is 15.9. The van der Waals surface area contributed by atoms with Gasteiger partial charge in [0, 0.05) is 0 Å². The predicted molar refractivity (Wildman–Crippen MR) is 138 cm³/mol. The summed E-state index contributed by atoms with van der Waals surface area (Å²) in [6, 6.07) is 16.9. The molecule has 0 saturated carbocycles. The molecule has 0 amide bonds. The minimum Gasteiger partial charge on any atom is -0.398 e. The van der Waals surface area contributed by atoms with Crippen molar-refractivity contribution in [3.05, 3.63) is 65.7 Å². The van der Waals surface area contributed by atoms with Gasteiger partial charge in [0.1, 0.15) is 4.51 Å². The number of hydrogen-bond donors (Lipinski definition) is 0. The van der Waals surface area contributed by atoms with Crippen molar-refractivity contribution in [3.8, 4) is 0 Å². The smallest absolute Gasteiger partial charge is 0.296 e. The first kappa shape index (κ1) is 27.3. The quantitative estimate of drug-likeness (QED) is 0.179. The lowest BCUT2D eigenvalue weighted by Crippen LogP contribution is -2.46. The Morgan fingerprint density at radius 1 is 1.00 bits per heavy atom. The zero-order valence-corrected chi connectivity index (χ0v) is 23.7. The second kappa shape index (κ2) is 10.5. The highest BCUT2D eigenvalue weighted by Gasteiger charge is 2.45. The molecule has 7 heteroatoms. The van der Waals surface area contributed by atoms with Gasteiger partial charge < -0.3 is 4.43 Å². The minimum absolute atomic E-state index is 0.0647. The lowest BCUT2D eigenvalue weighted by molar-refractivity contribution is 0.119. The molecule has 0 fully saturated rings. The van der Waals surface area contributed by atoms with E-state index in [1.165, 1.54) is 0 Å². The SMILES string of the molecule is Cc1ccc(S(=O)(=O)OCCC(C)CC(Br)(O[Si](C)(C)C(C)(C)C)c2ccccc2)cc1. The Kier molecular flexibility index (Phi) is 8.95. The molecular weight excluding hydrogens is 504 g/mol. The number of hydrogen-bond acceptors (Lipinski definition) is 4. The van der Waals surface area contributed by atoms with Crippen LogP contribution in [0.5, 0.6) is 0 Å². The fourth-order valence-corrected chi connectivity index (χ4v) is 7.41. The molecule has 0 aliphatic heterocycles. The summed E-state index contributed by atoms with van der Waals surface area (Å²) in [5.74, 6) is 0.174. The van der Waals surface area contributed by atoms with Gasteiger partial charge in [-0.15, -0.1) is 0 Å². The summed E-state index contributed by atoms with van der Waals surface area (Å²) in [6.45, 7) is 15.3. The summed E-state index contributed by atoms with van der Waals surface area (Å²) in [6.07, 6.45) is 1.31. The number of aryl methyl sites for hydroxylation is 1. The molecule has 2 rings (SSSR count). The van der Waals surface area contributed by atoms with Crippen molar-refractivity contribution < 1.29 is 17.0 Å². The third-order valence-electron chi connectivity index (χ3n) is 6.20. The van der Waals surface area contributed by atoms with E-state index in [2.05, 4.69) is 68.9 Å². The molecule has 0 N–H and O–H groups in total. The monoisotopic (exact) mass is 540 g/mol. The van der Waals surface area contributed by atoms with Crippen molar-refractivity contribution in [2.24, 2.45) is 5.92 Å². The van der Waals surface area contributed by atoms with Crippen LogP contribution in [0.4, 0.5) is 0 Å². The maximum absolute atomic E-state index is 12.5. The number of benzene rings is 2. The highest BCUT2D eigenvalue weighted by Crippen LogP contribution is 2.47. The van der Waals surface area contributed by atoms with E-state index in [0.717, 1.165) is 11.1 Å². The summed E-state index contributed by atoms with van der Waals surface area (Å²) in [7, 11) is -5.83. The first-order valence-electron chi connectivity index (χ1n) is 11.1. The van der Waals surface area contributed by atoms with Crippen LogP contribution in [0.3, 0.4) is 0 Å². The van der Waals surface area contributed by atoms with Crippen LogP contribution >= 0.6 is 15.9 Å². The molecule has 178 valence electrons. The van der Waals surface area contributed by atoms with E-state index in [1.807, 2.05) is 25.1 Å². The minimum atomic E-state index is -3.75. The zero-order chi connectivity index (χ0) is 24.2. The predicted octanol–water partition coefficient (Wildman–Crippen LogP) is 7.39. The van der Waals surface area contributed by atoms with Gasteiger partial charge in [0.15, 0.2) is 8.32 Å². The van der Waals surface area contributed by atoms with Gasteiger partial charge in [-0.2, -0.15) is 8.42 Å². The molecule has 0 aliphatic carbocycles. The van der Waals surface area contributed by atoms with E-state index < -0.39 is 22.9 Å². The maximum Gasteiger partial charge on any atom is 0.296 e. The Morgan fingerprint density at radius 2 is 1.56 bits per heavy atom. The van der Waals surface area contributed by atoms with Crippen molar-refractivity contribution in [2.75, 3.05) is 6.61 Å². The Bertz CT molecular complexity index is 969. The molecule has 4 nitrogen and oxygen atoms in total. The Balaban J connectivity index is 2.10. The van der Waals surface area contributed by atoms with Crippen molar-refractivity contribution in [2.45, 2.75) is 75.0 Å². The molecule has 0 radical (unpaired) electrons. The Morgan fingerprint density at radius 3 is 2.09 bits per heavy atom. The first-order chi connectivity index (χ1) is 14.7. The summed E-state index contributed by atoms with van der Waals surface area (Å²) in [4.78, 5) is 0.191. The third-order valence-corrected chi connectivity index (χ3v) is 13.2. The van der Waals surface area contributed by atoms with Crippen LogP contribution in [0.1, 0.15) is 51.7 Å². The lowest BCUT2D eigenvalue weighted by Gasteiger charge is -2.44. The topological polar surface area (TPSA) is 52.6 Å². The Hall–Kier alpha value is -0.993. The van der Waals surface area contributed by atoms with Crippen molar-refractivity contribution in [1.29, 1.82) is 0 Å². The molecule has 0 spiro atoms. The average Bonchev–Trinajstić information content (AvgIpc) is 2.67. The fraction of sp³-hybridized carbons (Fsp3) is 0.520. The average molecular weight is 542 g/mol. The second-order valence-electron chi connectivity index (χ2n) is 10.1. The van der Waals surface area contributed by atoms with Crippen LogP contribution in [-0.4, -0.2) is 23.3 Å². The molecule has 0 aromatic heterocycles. The van der Waals surface area contributed by atoms with E-state index in [9.17, 15) is 8.42 Å². The van der Waals surface area contributed by atoms with Crippen LogP contribution in [0.15, 0.2) is 59.5 Å². The molecule has 0 aliphatic rings. The van der Waals surface area contributed by atoms with Gasteiger partial charge in [-0.05, 0) is 77.4 Å². The molecule has 0 saturated heterocycles. The molecule has 32 heavy (non-hydrogen) atoms. The van der Waals surface area contributed by atoms with E-state index in [4.69, 9.17) is 8.61 Å². The zero-order valence-electron chi connectivity index (χ0n) is 20.3. The van der Waals surface area contributed by atoms with Gasteiger partial charge in [-0.3, -0.25) is 4.18 Å². The molecule has 2 aromatic carbocycles. The number of rotatable bonds is 10. The third kappa shape index (κ3) is 7.25. The summed E-state index contributed by atoms with van der Waals surface area (Å²) in [5.41, 5.74) is 2.08. The van der Waals surface area contributed by atoms with E-state index in [1.54, 1.807) is 24.3 Å². The molecule has 2 aromatic rings.